The summed E-state index contributed by atoms with van der Waals surface area (Å²) in [6, 6.07) is 0. The van der Waals surface area contributed by atoms with E-state index >= 15 is 0 Å². The van der Waals surface area contributed by atoms with Crippen molar-refractivity contribution in [1.29, 1.82) is 0 Å². The number of rotatable bonds is 7. The van der Waals surface area contributed by atoms with Crippen LogP contribution >= 0.6 is 0 Å². The molecule has 1 aliphatic rings. The van der Waals surface area contributed by atoms with Crippen molar-refractivity contribution < 1.29 is 9.59 Å². The molecule has 0 N–H and O–H groups in total. The minimum absolute atomic E-state index is 0.0658. The number of unbranched alkanes of at least 4 members (excludes halogenated alkanes) is 5. The molecule has 0 spiro atoms. The van der Waals surface area contributed by atoms with E-state index < -0.39 is 0 Å². The van der Waals surface area contributed by atoms with Gasteiger partial charge in [-0.05, 0) is 18.9 Å². The number of amides is 1. The first kappa shape index (κ1) is 14.9. The summed E-state index contributed by atoms with van der Waals surface area (Å²) in [5.74, 6) is 0.343. The van der Waals surface area contributed by atoms with Crippen LogP contribution in [0, 0.1) is 0 Å². The Kier molecular flexibility index (Phi) is 7.38. The Bertz CT molecular complexity index is 287. The van der Waals surface area contributed by atoms with Crippen molar-refractivity contribution in [3.8, 4) is 0 Å². The topological polar surface area (TPSA) is 37.4 Å². The average Bonchev–Trinajstić information content (AvgIpc) is 2.38. The zero-order valence-electron chi connectivity index (χ0n) is 11.5. The zero-order chi connectivity index (χ0) is 13.2. The highest BCUT2D eigenvalue weighted by atomic mass is 16.2. The summed E-state index contributed by atoms with van der Waals surface area (Å²) in [5, 5.41) is 0. The van der Waals surface area contributed by atoms with Crippen molar-refractivity contribution in [2.75, 3.05) is 13.1 Å². The molecular weight excluding hydrogens is 226 g/mol. The van der Waals surface area contributed by atoms with Gasteiger partial charge in [0, 0.05) is 25.9 Å². The molecule has 0 aliphatic carbocycles. The largest absolute Gasteiger partial charge is 0.338 e. The molecule has 1 aliphatic heterocycles. The zero-order valence-corrected chi connectivity index (χ0v) is 11.5. The number of likely N-dealkylation sites (tertiary alicyclic amines) is 1. The predicted molar refractivity (Wildman–Crippen MR) is 73.3 cm³/mol. The summed E-state index contributed by atoms with van der Waals surface area (Å²) in [4.78, 5) is 24.6. The van der Waals surface area contributed by atoms with Gasteiger partial charge in [0.15, 0.2) is 0 Å². The van der Waals surface area contributed by atoms with E-state index in [2.05, 4.69) is 6.92 Å². The van der Waals surface area contributed by atoms with E-state index in [0.29, 0.717) is 25.9 Å². The fourth-order valence-corrected chi connectivity index (χ4v) is 2.13. The third-order valence-corrected chi connectivity index (χ3v) is 3.37. The molecule has 0 aromatic rings. The lowest BCUT2D eigenvalue weighted by molar-refractivity contribution is -0.130. The number of hydrogen-bond donors (Lipinski definition) is 0. The first-order chi connectivity index (χ1) is 8.74. The molecule has 3 heteroatoms. The van der Waals surface area contributed by atoms with Crippen LogP contribution in [0.3, 0.4) is 0 Å². The quantitative estimate of drug-likeness (QED) is 0.515. The summed E-state index contributed by atoms with van der Waals surface area (Å²) in [7, 11) is 0. The Morgan fingerprint density at radius 2 is 1.83 bits per heavy atom. The second-order valence-electron chi connectivity index (χ2n) is 4.97. The van der Waals surface area contributed by atoms with Gasteiger partial charge in [-0.2, -0.15) is 0 Å². The fraction of sp³-hybridized carbons (Fsp3) is 0.733. The van der Waals surface area contributed by atoms with Crippen LogP contribution in [0.5, 0.6) is 0 Å². The van der Waals surface area contributed by atoms with Gasteiger partial charge in [-0.25, -0.2) is 0 Å². The monoisotopic (exact) mass is 251 g/mol. The molecule has 1 amide bonds. The van der Waals surface area contributed by atoms with Gasteiger partial charge in [0.05, 0.1) is 0 Å². The molecule has 1 saturated heterocycles. The van der Waals surface area contributed by atoms with E-state index in [4.69, 9.17) is 0 Å². The lowest BCUT2D eigenvalue weighted by Gasteiger charge is -2.24. The van der Waals surface area contributed by atoms with E-state index in [0.717, 1.165) is 6.42 Å². The molecular formula is C15H25NO2. The van der Waals surface area contributed by atoms with E-state index in [-0.39, 0.29) is 11.7 Å². The molecule has 0 aromatic heterocycles. The minimum atomic E-state index is 0.0658. The number of carbonyl (C=O) groups is 2. The molecule has 1 rings (SSSR count). The second-order valence-corrected chi connectivity index (χ2v) is 4.97. The summed E-state index contributed by atoms with van der Waals surface area (Å²) < 4.78 is 0. The van der Waals surface area contributed by atoms with Gasteiger partial charge in [-0.1, -0.05) is 38.7 Å². The number of ketones is 1. The smallest absolute Gasteiger partial charge is 0.246 e. The Hall–Kier alpha value is -1.12. The van der Waals surface area contributed by atoms with Crippen molar-refractivity contribution >= 4 is 11.7 Å². The molecule has 0 bridgehead atoms. The molecule has 0 saturated carbocycles. The molecule has 0 atom stereocenters. The normalized spacial score (nSPS) is 16.5. The van der Waals surface area contributed by atoms with Crippen LogP contribution < -0.4 is 0 Å². The first-order valence-electron chi connectivity index (χ1n) is 7.21. The maximum Gasteiger partial charge on any atom is 0.246 e. The maximum absolute atomic E-state index is 11.8. The number of nitrogens with zero attached hydrogens (tertiary/aromatic N) is 1. The molecule has 0 unspecified atom stereocenters. The summed E-state index contributed by atoms with van der Waals surface area (Å²) in [6.07, 6.45) is 12.0. The summed E-state index contributed by atoms with van der Waals surface area (Å²) in [5.41, 5.74) is 0. The van der Waals surface area contributed by atoms with E-state index in [1.54, 1.807) is 11.0 Å². The summed E-state index contributed by atoms with van der Waals surface area (Å²) >= 11 is 0. The molecule has 0 aromatic carbocycles. The van der Waals surface area contributed by atoms with Gasteiger partial charge >= 0.3 is 0 Å². The average molecular weight is 251 g/mol. The van der Waals surface area contributed by atoms with Gasteiger partial charge in [-0.3, -0.25) is 9.59 Å². The summed E-state index contributed by atoms with van der Waals surface area (Å²) in [6.45, 7) is 3.40. The highest BCUT2D eigenvalue weighted by Crippen LogP contribution is 2.08. The maximum atomic E-state index is 11.8. The van der Waals surface area contributed by atoms with E-state index in [1.165, 1.54) is 32.1 Å². The third kappa shape index (κ3) is 5.99. The van der Waals surface area contributed by atoms with Crippen molar-refractivity contribution in [1.82, 2.24) is 4.90 Å². The third-order valence-electron chi connectivity index (χ3n) is 3.37. The number of Topliss-reactive ketones (excluding diaryl/α,β-unsaturated/α-hetero) is 1. The predicted octanol–water partition coefficient (Wildman–Crippen LogP) is 3.09. The van der Waals surface area contributed by atoms with Crippen molar-refractivity contribution in [3.63, 3.8) is 0 Å². The van der Waals surface area contributed by atoms with Crippen molar-refractivity contribution in [3.05, 3.63) is 12.2 Å². The van der Waals surface area contributed by atoms with Crippen LogP contribution in [0.25, 0.3) is 0 Å². The van der Waals surface area contributed by atoms with Crippen LogP contribution in [0.15, 0.2) is 12.2 Å². The van der Waals surface area contributed by atoms with Crippen molar-refractivity contribution in [2.24, 2.45) is 0 Å². The van der Waals surface area contributed by atoms with E-state index in [9.17, 15) is 9.59 Å². The van der Waals surface area contributed by atoms with Crippen LogP contribution in [0.1, 0.15) is 58.3 Å². The van der Waals surface area contributed by atoms with Crippen LogP contribution in [0.2, 0.25) is 0 Å². The molecule has 1 heterocycles. The van der Waals surface area contributed by atoms with E-state index in [1.807, 2.05) is 6.08 Å². The number of hydrogen-bond acceptors (Lipinski definition) is 2. The second kappa shape index (κ2) is 8.90. The Morgan fingerprint density at radius 3 is 2.50 bits per heavy atom. The molecule has 1 fully saturated rings. The number of carbonyl (C=O) groups excluding carboxylic acids is 2. The lowest BCUT2D eigenvalue weighted by atomic mass is 10.1. The first-order valence-corrected chi connectivity index (χ1v) is 7.21. The van der Waals surface area contributed by atoms with Gasteiger partial charge in [-0.15, -0.1) is 0 Å². The van der Waals surface area contributed by atoms with Crippen LogP contribution in [-0.4, -0.2) is 29.7 Å². The van der Waals surface area contributed by atoms with Crippen molar-refractivity contribution in [2.45, 2.75) is 58.3 Å². The van der Waals surface area contributed by atoms with Crippen LogP contribution in [0.4, 0.5) is 0 Å². The fourth-order valence-electron chi connectivity index (χ4n) is 2.13. The highest BCUT2D eigenvalue weighted by molar-refractivity contribution is 5.89. The van der Waals surface area contributed by atoms with Crippen LogP contribution in [-0.2, 0) is 9.59 Å². The SMILES string of the molecule is CCCCCCC/C=C/C(=O)N1CCC(=O)CC1. The molecule has 102 valence electrons. The Morgan fingerprint density at radius 1 is 1.17 bits per heavy atom. The molecule has 0 radical (unpaired) electrons. The highest BCUT2D eigenvalue weighted by Gasteiger charge is 2.18. The Balaban J connectivity index is 2.10. The van der Waals surface area contributed by atoms with Gasteiger partial charge in [0.2, 0.25) is 5.91 Å². The molecule has 3 nitrogen and oxygen atoms in total. The minimum Gasteiger partial charge on any atom is -0.338 e. The molecule has 18 heavy (non-hydrogen) atoms. The van der Waals surface area contributed by atoms with Gasteiger partial charge in [0.25, 0.3) is 0 Å². The van der Waals surface area contributed by atoms with Gasteiger partial charge < -0.3 is 4.90 Å². The Labute approximate surface area is 110 Å². The van der Waals surface area contributed by atoms with Gasteiger partial charge in [0.1, 0.15) is 5.78 Å². The number of piperidine rings is 1. The number of allylic oxidation sites excluding steroid dienone is 1. The standard InChI is InChI=1S/C15H25NO2/c1-2-3-4-5-6-7-8-9-15(18)16-12-10-14(17)11-13-16/h8-9H,2-7,10-13H2,1H3/b9-8+. The lowest BCUT2D eigenvalue weighted by Crippen LogP contribution is -2.37.